The average Bonchev–Trinajstić information content (AvgIpc) is 2.89. The smallest absolute Gasteiger partial charge is 0.212 e. The number of hydrogen-bond acceptors (Lipinski definition) is 5. The number of nitrogens with zero attached hydrogens (tertiary/aromatic N) is 2. The van der Waals surface area contributed by atoms with Gasteiger partial charge in [-0.1, -0.05) is 6.92 Å². The van der Waals surface area contributed by atoms with Crippen LogP contribution in [-0.2, 0) is 0 Å². The predicted octanol–water partition coefficient (Wildman–Crippen LogP) is 2.88. The van der Waals surface area contributed by atoms with Gasteiger partial charge in [-0.3, -0.25) is 0 Å². The van der Waals surface area contributed by atoms with Crippen LogP contribution in [0.25, 0.3) is 10.6 Å². The number of hydrogen-bond donors (Lipinski definition) is 1. The maximum Gasteiger partial charge on any atom is 0.212 e. The zero-order valence-electron chi connectivity index (χ0n) is 10.8. The summed E-state index contributed by atoms with van der Waals surface area (Å²) in [6.07, 6.45) is 3.72. The number of methoxy groups -OCH3 is 1. The molecule has 18 heavy (non-hydrogen) atoms. The molecular weight excluding hydrogens is 246 g/mol. The standard InChI is InChI=1S/C13H17N3OS/c1-4-14-9(2)11-8-16-13(18-11)10-5-6-12(17-3)15-7-10/h5-9,14H,4H2,1-3H3. The summed E-state index contributed by atoms with van der Waals surface area (Å²) in [5, 5.41) is 4.37. The van der Waals surface area contributed by atoms with E-state index in [1.54, 1.807) is 24.6 Å². The van der Waals surface area contributed by atoms with E-state index in [0.29, 0.717) is 11.9 Å². The Hall–Kier alpha value is -1.46. The molecule has 2 aromatic rings. The lowest BCUT2D eigenvalue weighted by Gasteiger charge is -2.08. The summed E-state index contributed by atoms with van der Waals surface area (Å²) in [4.78, 5) is 9.87. The van der Waals surface area contributed by atoms with Crippen LogP contribution < -0.4 is 10.1 Å². The molecule has 0 saturated carbocycles. The molecule has 1 N–H and O–H groups in total. The van der Waals surface area contributed by atoms with Crippen molar-refractivity contribution in [2.45, 2.75) is 19.9 Å². The minimum atomic E-state index is 0.340. The highest BCUT2D eigenvalue weighted by Gasteiger charge is 2.10. The molecule has 2 rings (SSSR count). The summed E-state index contributed by atoms with van der Waals surface area (Å²) >= 11 is 1.69. The first kappa shape index (κ1) is 13.0. The Kier molecular flexibility index (Phi) is 4.28. The van der Waals surface area contributed by atoms with E-state index in [-0.39, 0.29) is 0 Å². The van der Waals surface area contributed by atoms with Gasteiger partial charge >= 0.3 is 0 Å². The first-order chi connectivity index (χ1) is 8.74. The number of pyridine rings is 1. The van der Waals surface area contributed by atoms with Crippen molar-refractivity contribution in [3.05, 3.63) is 29.4 Å². The largest absolute Gasteiger partial charge is 0.481 e. The van der Waals surface area contributed by atoms with Crippen molar-refractivity contribution >= 4 is 11.3 Å². The first-order valence-electron chi connectivity index (χ1n) is 5.94. The van der Waals surface area contributed by atoms with Gasteiger partial charge in [-0.15, -0.1) is 11.3 Å². The molecule has 0 aliphatic carbocycles. The topological polar surface area (TPSA) is 47.0 Å². The number of ether oxygens (including phenoxy) is 1. The third-order valence-corrected chi connectivity index (χ3v) is 3.88. The minimum Gasteiger partial charge on any atom is -0.481 e. The van der Waals surface area contributed by atoms with Crippen LogP contribution in [0.4, 0.5) is 0 Å². The van der Waals surface area contributed by atoms with Gasteiger partial charge < -0.3 is 10.1 Å². The van der Waals surface area contributed by atoms with Crippen molar-refractivity contribution in [3.8, 4) is 16.5 Å². The van der Waals surface area contributed by atoms with Gasteiger partial charge in [0.2, 0.25) is 5.88 Å². The van der Waals surface area contributed by atoms with Crippen LogP contribution in [0.3, 0.4) is 0 Å². The van der Waals surface area contributed by atoms with Crippen molar-refractivity contribution in [2.75, 3.05) is 13.7 Å². The SMILES string of the molecule is CCNC(C)c1cnc(-c2ccc(OC)nc2)s1. The van der Waals surface area contributed by atoms with E-state index >= 15 is 0 Å². The Labute approximate surface area is 111 Å². The molecular formula is C13H17N3OS. The lowest BCUT2D eigenvalue weighted by Crippen LogP contribution is -2.16. The molecule has 0 aliphatic heterocycles. The molecule has 2 heterocycles. The molecule has 0 saturated heterocycles. The van der Waals surface area contributed by atoms with Crippen molar-refractivity contribution < 1.29 is 4.74 Å². The van der Waals surface area contributed by atoms with Gasteiger partial charge in [0.1, 0.15) is 5.01 Å². The zero-order valence-corrected chi connectivity index (χ0v) is 11.6. The number of thiazole rings is 1. The van der Waals surface area contributed by atoms with Gasteiger partial charge in [0.25, 0.3) is 0 Å². The highest BCUT2D eigenvalue weighted by atomic mass is 32.1. The van der Waals surface area contributed by atoms with E-state index in [1.165, 1.54) is 4.88 Å². The van der Waals surface area contributed by atoms with E-state index in [0.717, 1.165) is 17.1 Å². The third-order valence-electron chi connectivity index (χ3n) is 2.65. The highest BCUT2D eigenvalue weighted by Crippen LogP contribution is 2.28. The molecule has 0 bridgehead atoms. The molecule has 0 aromatic carbocycles. The fraction of sp³-hybridized carbons (Fsp3) is 0.385. The van der Waals surface area contributed by atoms with Crippen LogP contribution in [0.5, 0.6) is 5.88 Å². The van der Waals surface area contributed by atoms with Crippen LogP contribution in [0.1, 0.15) is 24.8 Å². The Balaban J connectivity index is 2.18. The molecule has 0 fully saturated rings. The second-order valence-electron chi connectivity index (χ2n) is 3.94. The van der Waals surface area contributed by atoms with Crippen LogP contribution in [0.2, 0.25) is 0 Å². The van der Waals surface area contributed by atoms with Gasteiger partial charge in [0.15, 0.2) is 0 Å². The Morgan fingerprint density at radius 1 is 1.33 bits per heavy atom. The van der Waals surface area contributed by atoms with E-state index in [4.69, 9.17) is 4.74 Å². The van der Waals surface area contributed by atoms with E-state index < -0.39 is 0 Å². The van der Waals surface area contributed by atoms with Gasteiger partial charge in [-0.2, -0.15) is 0 Å². The fourth-order valence-corrected chi connectivity index (χ4v) is 2.59. The molecule has 1 unspecified atom stereocenters. The van der Waals surface area contributed by atoms with Crippen LogP contribution >= 0.6 is 11.3 Å². The quantitative estimate of drug-likeness (QED) is 0.901. The molecule has 0 amide bonds. The number of rotatable bonds is 5. The van der Waals surface area contributed by atoms with E-state index in [1.807, 2.05) is 18.3 Å². The third kappa shape index (κ3) is 2.86. The minimum absolute atomic E-state index is 0.340. The summed E-state index contributed by atoms with van der Waals surface area (Å²) in [6.45, 7) is 5.21. The molecule has 96 valence electrons. The Morgan fingerprint density at radius 2 is 2.17 bits per heavy atom. The van der Waals surface area contributed by atoms with Crippen molar-refractivity contribution in [1.82, 2.24) is 15.3 Å². The normalized spacial score (nSPS) is 12.4. The van der Waals surface area contributed by atoms with E-state index in [2.05, 4.69) is 29.1 Å². The molecule has 0 radical (unpaired) electrons. The molecule has 0 spiro atoms. The van der Waals surface area contributed by atoms with Crippen molar-refractivity contribution in [2.24, 2.45) is 0 Å². The molecule has 2 aromatic heterocycles. The lowest BCUT2D eigenvalue weighted by atomic mass is 10.3. The number of nitrogens with one attached hydrogen (secondary N) is 1. The number of aromatic nitrogens is 2. The molecule has 4 nitrogen and oxygen atoms in total. The van der Waals surface area contributed by atoms with Gasteiger partial charge in [0, 0.05) is 34.9 Å². The highest BCUT2D eigenvalue weighted by molar-refractivity contribution is 7.15. The summed E-state index contributed by atoms with van der Waals surface area (Å²) in [7, 11) is 1.61. The average molecular weight is 263 g/mol. The lowest BCUT2D eigenvalue weighted by molar-refractivity contribution is 0.398. The maximum absolute atomic E-state index is 5.04. The van der Waals surface area contributed by atoms with Gasteiger partial charge in [0.05, 0.1) is 7.11 Å². The van der Waals surface area contributed by atoms with Crippen LogP contribution in [0, 0.1) is 0 Å². The predicted molar refractivity (Wildman–Crippen MR) is 74.0 cm³/mol. The Bertz CT molecular complexity index is 495. The van der Waals surface area contributed by atoms with Crippen LogP contribution in [0.15, 0.2) is 24.5 Å². The summed E-state index contributed by atoms with van der Waals surface area (Å²) < 4.78 is 5.04. The van der Waals surface area contributed by atoms with E-state index in [9.17, 15) is 0 Å². The van der Waals surface area contributed by atoms with Crippen molar-refractivity contribution in [3.63, 3.8) is 0 Å². The molecule has 1 atom stereocenters. The fourth-order valence-electron chi connectivity index (χ4n) is 1.65. The molecule has 5 heteroatoms. The second-order valence-corrected chi connectivity index (χ2v) is 5.00. The monoisotopic (exact) mass is 263 g/mol. The zero-order chi connectivity index (χ0) is 13.0. The maximum atomic E-state index is 5.04. The van der Waals surface area contributed by atoms with Gasteiger partial charge in [-0.05, 0) is 19.5 Å². The van der Waals surface area contributed by atoms with Crippen molar-refractivity contribution in [1.29, 1.82) is 0 Å². The summed E-state index contributed by atoms with van der Waals surface area (Å²) in [5.41, 5.74) is 1.02. The molecule has 0 aliphatic rings. The van der Waals surface area contributed by atoms with Crippen LogP contribution in [-0.4, -0.2) is 23.6 Å². The first-order valence-corrected chi connectivity index (χ1v) is 6.75. The Morgan fingerprint density at radius 3 is 2.78 bits per heavy atom. The summed E-state index contributed by atoms with van der Waals surface area (Å²) in [5.74, 6) is 0.622. The van der Waals surface area contributed by atoms with Gasteiger partial charge in [-0.25, -0.2) is 9.97 Å². The second kappa shape index (κ2) is 5.93. The summed E-state index contributed by atoms with van der Waals surface area (Å²) in [6, 6.07) is 4.17.